The van der Waals surface area contributed by atoms with Gasteiger partial charge >= 0.3 is 0 Å². The van der Waals surface area contributed by atoms with Crippen molar-refractivity contribution >= 4 is 5.82 Å². The highest BCUT2D eigenvalue weighted by Gasteiger charge is 2.24. The highest BCUT2D eigenvalue weighted by Crippen LogP contribution is 2.36. The van der Waals surface area contributed by atoms with Crippen LogP contribution < -0.4 is 5.73 Å². The molecule has 0 aliphatic heterocycles. The molecule has 0 spiro atoms. The summed E-state index contributed by atoms with van der Waals surface area (Å²) in [5.74, 6) is 2.80. The molecule has 3 nitrogen and oxygen atoms in total. The van der Waals surface area contributed by atoms with E-state index in [-0.39, 0.29) is 0 Å². The Labute approximate surface area is 126 Å². The van der Waals surface area contributed by atoms with Gasteiger partial charge in [-0.15, -0.1) is 0 Å². The maximum absolute atomic E-state index is 6.02. The fourth-order valence-corrected chi connectivity index (χ4v) is 3.32. The minimum absolute atomic E-state index is 0.467. The molecule has 1 aromatic carbocycles. The van der Waals surface area contributed by atoms with E-state index >= 15 is 0 Å². The van der Waals surface area contributed by atoms with Crippen LogP contribution >= 0.6 is 0 Å². The normalized spacial score (nSPS) is 22.1. The molecule has 0 radical (unpaired) electrons. The first-order chi connectivity index (χ1) is 10.3. The molecule has 110 valence electrons. The van der Waals surface area contributed by atoms with E-state index in [9.17, 15) is 0 Å². The highest BCUT2D eigenvalue weighted by atomic mass is 15.0. The molecule has 1 fully saturated rings. The molecule has 0 amide bonds. The molecule has 3 heteroatoms. The van der Waals surface area contributed by atoms with Crippen LogP contribution in [0.1, 0.15) is 50.8 Å². The van der Waals surface area contributed by atoms with E-state index < -0.39 is 0 Å². The monoisotopic (exact) mass is 281 g/mol. The minimum atomic E-state index is 0.467. The smallest absolute Gasteiger partial charge is 0.134 e. The van der Waals surface area contributed by atoms with Crippen LogP contribution in [-0.2, 0) is 0 Å². The maximum atomic E-state index is 6.02. The Morgan fingerprint density at radius 2 is 1.95 bits per heavy atom. The second-order valence-electron chi connectivity index (χ2n) is 6.04. The van der Waals surface area contributed by atoms with E-state index in [0.29, 0.717) is 11.7 Å². The van der Waals surface area contributed by atoms with E-state index in [0.717, 1.165) is 23.0 Å². The molecule has 3 rings (SSSR count). The van der Waals surface area contributed by atoms with Crippen LogP contribution in [0.4, 0.5) is 5.82 Å². The Morgan fingerprint density at radius 1 is 1.14 bits per heavy atom. The average Bonchev–Trinajstić information content (AvgIpc) is 2.55. The number of nitrogens with zero attached hydrogens (tertiary/aromatic N) is 2. The van der Waals surface area contributed by atoms with E-state index in [1.165, 1.54) is 32.1 Å². The molecule has 1 saturated carbocycles. The standard InChI is InChI=1S/C18H23N3/c1-2-13-7-6-10-15(11-13)18-20-16(12-17(19)21-18)14-8-4-3-5-9-14/h3-5,8-9,12-13,15H,2,6-7,10-11H2,1H3,(H2,19,20,21). The third-order valence-electron chi connectivity index (χ3n) is 4.56. The lowest BCUT2D eigenvalue weighted by Gasteiger charge is -2.27. The van der Waals surface area contributed by atoms with Gasteiger partial charge in [0.25, 0.3) is 0 Å². The van der Waals surface area contributed by atoms with Gasteiger partial charge in [0.15, 0.2) is 0 Å². The molecular weight excluding hydrogens is 258 g/mol. The summed E-state index contributed by atoms with van der Waals surface area (Å²) < 4.78 is 0. The highest BCUT2D eigenvalue weighted by molar-refractivity contribution is 5.61. The van der Waals surface area contributed by atoms with Crippen LogP contribution in [0, 0.1) is 5.92 Å². The lowest BCUT2D eigenvalue weighted by Crippen LogP contribution is -2.16. The van der Waals surface area contributed by atoms with Gasteiger partial charge in [0, 0.05) is 17.5 Å². The molecule has 21 heavy (non-hydrogen) atoms. The Balaban J connectivity index is 1.91. The maximum Gasteiger partial charge on any atom is 0.134 e. The third kappa shape index (κ3) is 3.23. The van der Waals surface area contributed by atoms with Gasteiger partial charge in [-0.3, -0.25) is 0 Å². The largest absolute Gasteiger partial charge is 0.384 e. The van der Waals surface area contributed by atoms with Gasteiger partial charge in [0.1, 0.15) is 11.6 Å². The first-order valence-corrected chi connectivity index (χ1v) is 7.96. The number of aromatic nitrogens is 2. The number of rotatable bonds is 3. The summed E-state index contributed by atoms with van der Waals surface area (Å²) in [7, 11) is 0. The van der Waals surface area contributed by atoms with E-state index in [2.05, 4.69) is 24.0 Å². The number of anilines is 1. The quantitative estimate of drug-likeness (QED) is 0.906. The van der Waals surface area contributed by atoms with Crippen molar-refractivity contribution < 1.29 is 0 Å². The molecular formula is C18H23N3. The summed E-state index contributed by atoms with van der Waals surface area (Å²) >= 11 is 0. The molecule has 1 heterocycles. The summed E-state index contributed by atoms with van der Waals surface area (Å²) in [6, 6.07) is 12.1. The Bertz CT molecular complexity index is 595. The van der Waals surface area contributed by atoms with Crippen molar-refractivity contribution in [2.24, 2.45) is 5.92 Å². The Morgan fingerprint density at radius 3 is 2.71 bits per heavy atom. The van der Waals surface area contributed by atoms with E-state index in [4.69, 9.17) is 10.7 Å². The van der Waals surface area contributed by atoms with Crippen LogP contribution in [0.25, 0.3) is 11.3 Å². The van der Waals surface area contributed by atoms with Gasteiger partial charge < -0.3 is 5.73 Å². The fourth-order valence-electron chi connectivity index (χ4n) is 3.32. The first-order valence-electron chi connectivity index (χ1n) is 7.96. The van der Waals surface area contributed by atoms with Gasteiger partial charge in [-0.1, -0.05) is 56.5 Å². The van der Waals surface area contributed by atoms with Crippen LogP contribution in [0.5, 0.6) is 0 Å². The zero-order chi connectivity index (χ0) is 14.7. The van der Waals surface area contributed by atoms with Crippen molar-refractivity contribution in [2.75, 3.05) is 5.73 Å². The van der Waals surface area contributed by atoms with Crippen LogP contribution in [0.15, 0.2) is 36.4 Å². The summed E-state index contributed by atoms with van der Waals surface area (Å²) in [5, 5.41) is 0. The first kappa shape index (κ1) is 14.1. The van der Waals surface area contributed by atoms with E-state index in [1.807, 2.05) is 24.3 Å². The molecule has 2 N–H and O–H groups in total. The van der Waals surface area contributed by atoms with Crippen molar-refractivity contribution in [3.8, 4) is 11.3 Å². The van der Waals surface area contributed by atoms with Crippen molar-refractivity contribution in [1.82, 2.24) is 9.97 Å². The zero-order valence-electron chi connectivity index (χ0n) is 12.6. The van der Waals surface area contributed by atoms with E-state index in [1.54, 1.807) is 0 Å². The van der Waals surface area contributed by atoms with Crippen LogP contribution in [0.3, 0.4) is 0 Å². The number of hydrogen-bond acceptors (Lipinski definition) is 3. The lowest BCUT2D eigenvalue weighted by atomic mass is 9.80. The van der Waals surface area contributed by atoms with Crippen LogP contribution in [-0.4, -0.2) is 9.97 Å². The predicted molar refractivity (Wildman–Crippen MR) is 86.9 cm³/mol. The zero-order valence-corrected chi connectivity index (χ0v) is 12.6. The van der Waals surface area contributed by atoms with Crippen molar-refractivity contribution in [1.29, 1.82) is 0 Å². The Kier molecular flexibility index (Phi) is 4.18. The van der Waals surface area contributed by atoms with Crippen molar-refractivity contribution in [3.63, 3.8) is 0 Å². The molecule has 0 bridgehead atoms. The molecule has 2 aromatic rings. The number of nitrogen functional groups attached to an aromatic ring is 1. The molecule has 1 aromatic heterocycles. The second-order valence-corrected chi connectivity index (χ2v) is 6.04. The number of hydrogen-bond donors (Lipinski definition) is 1. The molecule has 2 atom stereocenters. The summed E-state index contributed by atoms with van der Waals surface area (Å²) in [6.45, 7) is 2.28. The fraction of sp³-hybridized carbons (Fsp3) is 0.444. The number of benzene rings is 1. The summed E-state index contributed by atoms with van der Waals surface area (Å²) in [4.78, 5) is 9.32. The van der Waals surface area contributed by atoms with Gasteiger partial charge in [-0.2, -0.15) is 0 Å². The van der Waals surface area contributed by atoms with Gasteiger partial charge in [0.05, 0.1) is 5.69 Å². The number of nitrogens with two attached hydrogens (primary N) is 1. The SMILES string of the molecule is CCC1CCCC(c2nc(N)cc(-c3ccccc3)n2)C1. The summed E-state index contributed by atoms with van der Waals surface area (Å²) in [6.07, 6.45) is 6.27. The molecule has 1 aliphatic rings. The molecule has 0 saturated heterocycles. The van der Waals surface area contributed by atoms with Crippen molar-refractivity contribution in [3.05, 3.63) is 42.2 Å². The average molecular weight is 281 g/mol. The van der Waals surface area contributed by atoms with Gasteiger partial charge in [-0.25, -0.2) is 9.97 Å². The lowest BCUT2D eigenvalue weighted by molar-refractivity contribution is 0.307. The van der Waals surface area contributed by atoms with Crippen molar-refractivity contribution in [2.45, 2.75) is 44.9 Å². The summed E-state index contributed by atoms with van der Waals surface area (Å²) in [5.41, 5.74) is 8.07. The topological polar surface area (TPSA) is 51.8 Å². The molecule has 1 aliphatic carbocycles. The minimum Gasteiger partial charge on any atom is -0.384 e. The second kappa shape index (κ2) is 6.25. The van der Waals surface area contributed by atoms with Gasteiger partial charge in [0.2, 0.25) is 0 Å². The van der Waals surface area contributed by atoms with Gasteiger partial charge in [-0.05, 0) is 18.8 Å². The Hall–Kier alpha value is -1.90. The third-order valence-corrected chi connectivity index (χ3v) is 4.56. The van der Waals surface area contributed by atoms with Crippen LogP contribution in [0.2, 0.25) is 0 Å². The predicted octanol–water partition coefficient (Wildman–Crippen LogP) is 4.41. The molecule has 2 unspecified atom stereocenters.